The van der Waals surface area contributed by atoms with Crippen molar-refractivity contribution < 1.29 is 0 Å². The van der Waals surface area contributed by atoms with Crippen molar-refractivity contribution in [2.24, 2.45) is 0 Å². The number of halogens is 1. The molecule has 0 radical (unpaired) electrons. The lowest BCUT2D eigenvalue weighted by Gasteiger charge is -2.35. The average Bonchev–Trinajstić information content (AvgIpc) is 3.24. The largest absolute Gasteiger partial charge is 0.357 e. The minimum atomic E-state index is 0.300. The smallest absolute Gasteiger partial charge is 0.0910 e. The zero-order valence-electron chi connectivity index (χ0n) is 15.4. The van der Waals surface area contributed by atoms with Gasteiger partial charge in [-0.25, -0.2) is 0 Å². The Morgan fingerprint density at radius 1 is 0.926 bits per heavy atom. The molecule has 2 saturated heterocycles. The normalized spacial score (nSPS) is 28.1. The minimum Gasteiger partial charge on any atom is -0.357 e. The van der Waals surface area contributed by atoms with Crippen LogP contribution in [0.2, 0.25) is 5.02 Å². The van der Waals surface area contributed by atoms with E-state index in [1.807, 2.05) is 12.1 Å². The van der Waals surface area contributed by atoms with E-state index in [1.54, 1.807) is 0 Å². The summed E-state index contributed by atoms with van der Waals surface area (Å²) in [6, 6.07) is 18.3. The quantitative estimate of drug-likeness (QED) is 0.622. The van der Waals surface area contributed by atoms with Gasteiger partial charge in [0.2, 0.25) is 0 Å². The Bertz CT molecular complexity index is 1010. The molecule has 0 saturated carbocycles. The molecule has 0 amide bonds. The second-order valence-electron chi connectivity index (χ2n) is 8.19. The van der Waals surface area contributed by atoms with Crippen molar-refractivity contribution in [3.05, 3.63) is 70.4 Å². The Morgan fingerprint density at radius 2 is 1.78 bits per heavy atom. The third-order valence-electron chi connectivity index (χ3n) is 6.89. The summed E-state index contributed by atoms with van der Waals surface area (Å²) in [7, 11) is 0. The highest BCUT2D eigenvalue weighted by Crippen LogP contribution is 2.52. The van der Waals surface area contributed by atoms with Gasteiger partial charge in [-0.15, -0.1) is 0 Å². The molecule has 27 heavy (non-hydrogen) atoms. The standard InChI is InChI=1S/C23H24ClN3/c24-18-9-3-1-8-17(18)23-26-13-6-5-11-20(26)22-21-16(12-14-27(22)23)15-7-2-4-10-19(15)25-21/h1-4,7-10,20,22-23,25H,5-6,11-14H2/t20?,22-,23?/m1/s1. The second-order valence-corrected chi connectivity index (χ2v) is 8.60. The predicted molar refractivity (Wildman–Crippen MR) is 110 cm³/mol. The lowest BCUT2D eigenvalue weighted by Crippen LogP contribution is -2.38. The predicted octanol–water partition coefficient (Wildman–Crippen LogP) is 5.29. The lowest BCUT2D eigenvalue weighted by atomic mass is 9.90. The summed E-state index contributed by atoms with van der Waals surface area (Å²) in [5.74, 6) is 0. The van der Waals surface area contributed by atoms with E-state index in [0.717, 1.165) is 18.0 Å². The monoisotopic (exact) mass is 377 g/mol. The van der Waals surface area contributed by atoms with Gasteiger partial charge in [0.15, 0.2) is 0 Å². The first-order valence-electron chi connectivity index (χ1n) is 10.2. The molecule has 2 unspecified atom stereocenters. The maximum absolute atomic E-state index is 6.67. The lowest BCUT2D eigenvalue weighted by molar-refractivity contribution is 0.0978. The van der Waals surface area contributed by atoms with Gasteiger partial charge in [-0.2, -0.15) is 0 Å². The van der Waals surface area contributed by atoms with E-state index >= 15 is 0 Å². The summed E-state index contributed by atoms with van der Waals surface area (Å²) in [6.07, 6.45) is 5.30. The number of fused-ring (bicyclic) bond motifs is 7. The molecule has 6 rings (SSSR count). The van der Waals surface area contributed by atoms with Crippen molar-refractivity contribution in [2.75, 3.05) is 13.1 Å². The zero-order valence-corrected chi connectivity index (χ0v) is 16.1. The van der Waals surface area contributed by atoms with Crippen LogP contribution in [0, 0.1) is 0 Å². The van der Waals surface area contributed by atoms with E-state index in [4.69, 9.17) is 11.6 Å². The van der Waals surface area contributed by atoms with E-state index < -0.39 is 0 Å². The molecule has 2 aromatic carbocycles. The third-order valence-corrected chi connectivity index (χ3v) is 7.23. The average molecular weight is 378 g/mol. The number of hydrogen-bond donors (Lipinski definition) is 1. The first-order valence-corrected chi connectivity index (χ1v) is 10.6. The first kappa shape index (κ1) is 16.2. The van der Waals surface area contributed by atoms with Crippen LogP contribution in [0.3, 0.4) is 0 Å². The first-order chi connectivity index (χ1) is 13.3. The van der Waals surface area contributed by atoms with Gasteiger partial charge < -0.3 is 4.98 Å². The summed E-state index contributed by atoms with van der Waals surface area (Å²) in [5.41, 5.74) is 5.55. The molecule has 3 nitrogen and oxygen atoms in total. The molecule has 0 spiro atoms. The van der Waals surface area contributed by atoms with Crippen LogP contribution in [0.15, 0.2) is 48.5 Å². The fourth-order valence-electron chi connectivity index (χ4n) is 5.83. The van der Waals surface area contributed by atoms with E-state index in [2.05, 4.69) is 51.2 Å². The van der Waals surface area contributed by atoms with E-state index in [9.17, 15) is 0 Å². The van der Waals surface area contributed by atoms with Crippen molar-refractivity contribution in [1.29, 1.82) is 0 Å². The van der Waals surface area contributed by atoms with Crippen LogP contribution in [0.4, 0.5) is 0 Å². The number of hydrogen-bond acceptors (Lipinski definition) is 2. The van der Waals surface area contributed by atoms with Crippen LogP contribution in [0.1, 0.15) is 48.3 Å². The molecule has 1 aromatic heterocycles. The topological polar surface area (TPSA) is 22.3 Å². The number of para-hydroxylation sites is 1. The van der Waals surface area contributed by atoms with Crippen LogP contribution in [-0.4, -0.2) is 33.9 Å². The van der Waals surface area contributed by atoms with Crippen molar-refractivity contribution in [2.45, 2.75) is 43.9 Å². The Balaban J connectivity index is 1.52. The highest BCUT2D eigenvalue weighted by Gasteiger charge is 2.51. The maximum atomic E-state index is 6.67. The van der Waals surface area contributed by atoms with Crippen molar-refractivity contribution in [3.63, 3.8) is 0 Å². The summed E-state index contributed by atoms with van der Waals surface area (Å²) >= 11 is 6.67. The zero-order chi connectivity index (χ0) is 18.0. The van der Waals surface area contributed by atoms with E-state index in [-0.39, 0.29) is 0 Å². The SMILES string of the molecule is Clc1ccccc1C1N2CCCCC2[C@@H]2c3[nH]c4ccccc4c3CCN12. The molecule has 3 aliphatic heterocycles. The van der Waals surface area contributed by atoms with Crippen LogP contribution in [0.25, 0.3) is 10.9 Å². The number of aromatic nitrogens is 1. The van der Waals surface area contributed by atoms with Crippen LogP contribution >= 0.6 is 11.6 Å². The van der Waals surface area contributed by atoms with Gasteiger partial charge in [-0.3, -0.25) is 9.80 Å². The number of nitrogens with one attached hydrogen (secondary N) is 1. The molecular formula is C23H24ClN3. The molecule has 0 bridgehead atoms. The molecule has 3 atom stereocenters. The number of rotatable bonds is 1. The molecule has 138 valence electrons. The van der Waals surface area contributed by atoms with E-state index in [0.29, 0.717) is 18.2 Å². The van der Waals surface area contributed by atoms with Gasteiger partial charge in [0.1, 0.15) is 0 Å². The molecule has 2 fully saturated rings. The summed E-state index contributed by atoms with van der Waals surface area (Å²) in [5, 5.41) is 2.31. The molecule has 4 heterocycles. The van der Waals surface area contributed by atoms with Gasteiger partial charge in [-0.1, -0.05) is 54.4 Å². The maximum Gasteiger partial charge on any atom is 0.0910 e. The Morgan fingerprint density at radius 3 is 2.70 bits per heavy atom. The van der Waals surface area contributed by atoms with Crippen molar-refractivity contribution in [3.8, 4) is 0 Å². The van der Waals surface area contributed by atoms with Crippen LogP contribution in [0.5, 0.6) is 0 Å². The van der Waals surface area contributed by atoms with Gasteiger partial charge in [0, 0.05) is 46.3 Å². The minimum absolute atomic E-state index is 0.300. The fraction of sp³-hybridized carbons (Fsp3) is 0.391. The number of piperidine rings is 1. The number of H-pyrrole nitrogens is 1. The van der Waals surface area contributed by atoms with Gasteiger partial charge in [0.25, 0.3) is 0 Å². The Hall–Kier alpha value is -1.81. The van der Waals surface area contributed by atoms with Crippen molar-refractivity contribution in [1.82, 2.24) is 14.8 Å². The highest BCUT2D eigenvalue weighted by atomic mass is 35.5. The van der Waals surface area contributed by atoms with Crippen LogP contribution in [-0.2, 0) is 6.42 Å². The summed E-state index contributed by atoms with van der Waals surface area (Å²) in [6.45, 7) is 2.27. The number of nitrogens with zero attached hydrogens (tertiary/aromatic N) is 2. The van der Waals surface area contributed by atoms with Crippen molar-refractivity contribution >= 4 is 22.5 Å². The number of aromatic amines is 1. The van der Waals surface area contributed by atoms with Gasteiger partial charge in [0.05, 0.1) is 12.2 Å². The molecule has 0 aliphatic carbocycles. The molecule has 3 aromatic rings. The number of benzene rings is 2. The Labute approximate surface area is 164 Å². The van der Waals surface area contributed by atoms with Crippen LogP contribution < -0.4 is 0 Å². The molecule has 4 heteroatoms. The summed E-state index contributed by atoms with van der Waals surface area (Å²) in [4.78, 5) is 9.26. The highest BCUT2D eigenvalue weighted by molar-refractivity contribution is 6.31. The fourth-order valence-corrected chi connectivity index (χ4v) is 6.06. The summed E-state index contributed by atoms with van der Waals surface area (Å²) < 4.78 is 0. The van der Waals surface area contributed by atoms with Gasteiger partial charge >= 0.3 is 0 Å². The van der Waals surface area contributed by atoms with E-state index in [1.165, 1.54) is 53.5 Å². The Kier molecular flexibility index (Phi) is 3.65. The second kappa shape index (κ2) is 6.10. The third kappa shape index (κ3) is 2.29. The van der Waals surface area contributed by atoms with Gasteiger partial charge in [-0.05, 0) is 37.0 Å². The molecule has 1 N–H and O–H groups in total. The molecular weight excluding hydrogens is 354 g/mol. The molecule has 3 aliphatic rings.